The molecule has 1 aromatic carbocycles. The number of amides is 3. The summed E-state index contributed by atoms with van der Waals surface area (Å²) < 4.78 is 5.13. The molecule has 1 atom stereocenters. The van der Waals surface area contributed by atoms with Gasteiger partial charge in [-0.2, -0.15) is 0 Å². The monoisotopic (exact) mass is 429 g/mol. The minimum absolute atomic E-state index is 0.0218. The van der Waals surface area contributed by atoms with Crippen LogP contribution in [0.25, 0.3) is 0 Å². The molecule has 8 nitrogen and oxygen atoms in total. The van der Waals surface area contributed by atoms with Gasteiger partial charge in [0.25, 0.3) is 5.91 Å². The number of aromatic nitrogens is 2. The van der Waals surface area contributed by atoms with Crippen molar-refractivity contribution in [1.29, 1.82) is 0 Å². The largest absolute Gasteiger partial charge is 0.497 e. The van der Waals surface area contributed by atoms with Gasteiger partial charge in [-0.25, -0.2) is 4.79 Å². The molecule has 2 heterocycles. The fraction of sp³-hybridized carbons (Fsp3) is 0.524. The smallest absolute Gasteiger partial charge is 0.317 e. The van der Waals surface area contributed by atoms with Crippen molar-refractivity contribution in [3.8, 4) is 5.75 Å². The van der Waals surface area contributed by atoms with E-state index in [-0.39, 0.29) is 17.9 Å². The maximum Gasteiger partial charge on any atom is 0.317 e. The summed E-state index contributed by atoms with van der Waals surface area (Å²) in [7, 11) is 1.60. The van der Waals surface area contributed by atoms with Gasteiger partial charge in [-0.15, -0.1) is 10.2 Å². The van der Waals surface area contributed by atoms with Gasteiger partial charge in [-0.1, -0.05) is 24.2 Å². The first-order valence-corrected chi connectivity index (χ1v) is 11.3. The van der Waals surface area contributed by atoms with Gasteiger partial charge in [0.05, 0.1) is 7.11 Å². The first kappa shape index (κ1) is 20.6. The normalized spacial score (nSPS) is 19.5. The van der Waals surface area contributed by atoms with Crippen molar-refractivity contribution in [3.05, 3.63) is 34.3 Å². The van der Waals surface area contributed by atoms with E-state index in [0.29, 0.717) is 23.3 Å². The molecule has 4 rings (SSSR count). The van der Waals surface area contributed by atoms with E-state index in [4.69, 9.17) is 4.74 Å². The van der Waals surface area contributed by atoms with Gasteiger partial charge in [0.2, 0.25) is 5.01 Å². The van der Waals surface area contributed by atoms with Crippen molar-refractivity contribution in [3.63, 3.8) is 0 Å². The Morgan fingerprint density at radius 3 is 2.60 bits per heavy atom. The molecule has 9 heteroatoms. The number of rotatable bonds is 5. The van der Waals surface area contributed by atoms with Crippen LogP contribution in [0.5, 0.6) is 5.75 Å². The number of ether oxygens (including phenoxy) is 1. The van der Waals surface area contributed by atoms with Crippen LogP contribution >= 0.6 is 11.3 Å². The van der Waals surface area contributed by atoms with Crippen LogP contribution < -0.4 is 15.4 Å². The van der Waals surface area contributed by atoms with E-state index in [0.717, 1.165) is 43.0 Å². The SMILES string of the molecule is COc1ccc(NC(=O)c2nnc([C@@H]3CCCN(C(=O)NC4CCCC4)C3)s2)cc1. The van der Waals surface area contributed by atoms with Crippen LogP contribution in [-0.2, 0) is 0 Å². The zero-order valence-electron chi connectivity index (χ0n) is 17.1. The first-order valence-electron chi connectivity index (χ1n) is 10.5. The lowest BCUT2D eigenvalue weighted by Gasteiger charge is -2.32. The van der Waals surface area contributed by atoms with Crippen molar-refractivity contribution in [1.82, 2.24) is 20.4 Å². The third-order valence-electron chi connectivity index (χ3n) is 5.72. The Morgan fingerprint density at radius 2 is 1.87 bits per heavy atom. The number of urea groups is 1. The lowest BCUT2D eigenvalue weighted by Crippen LogP contribution is -2.47. The fourth-order valence-electron chi connectivity index (χ4n) is 4.05. The Hall–Kier alpha value is -2.68. The molecule has 1 aliphatic heterocycles. The van der Waals surface area contributed by atoms with Gasteiger partial charge in [0.15, 0.2) is 0 Å². The Labute approximate surface area is 180 Å². The number of hydrogen-bond acceptors (Lipinski definition) is 6. The van der Waals surface area contributed by atoms with E-state index >= 15 is 0 Å². The number of hydrogen-bond donors (Lipinski definition) is 2. The van der Waals surface area contributed by atoms with Crippen molar-refractivity contribution >= 4 is 29.0 Å². The second kappa shape index (κ2) is 9.42. The van der Waals surface area contributed by atoms with Crippen LogP contribution in [0.3, 0.4) is 0 Å². The summed E-state index contributed by atoms with van der Waals surface area (Å²) in [6.07, 6.45) is 6.41. The lowest BCUT2D eigenvalue weighted by atomic mass is 9.99. The maximum atomic E-state index is 12.6. The van der Waals surface area contributed by atoms with Crippen LogP contribution in [0.4, 0.5) is 10.5 Å². The molecule has 2 N–H and O–H groups in total. The molecule has 1 aromatic heterocycles. The van der Waals surface area contributed by atoms with Crippen LogP contribution in [-0.4, -0.2) is 53.3 Å². The minimum Gasteiger partial charge on any atom is -0.497 e. The van der Waals surface area contributed by atoms with Crippen molar-refractivity contribution < 1.29 is 14.3 Å². The highest BCUT2D eigenvalue weighted by molar-refractivity contribution is 7.13. The van der Waals surface area contributed by atoms with Gasteiger partial charge in [-0.05, 0) is 49.9 Å². The predicted octanol–water partition coefficient (Wildman–Crippen LogP) is 3.63. The number of piperidine rings is 1. The molecule has 2 fully saturated rings. The summed E-state index contributed by atoms with van der Waals surface area (Å²) in [5.41, 5.74) is 0.671. The number of carbonyl (C=O) groups is 2. The maximum absolute atomic E-state index is 12.6. The van der Waals surface area contributed by atoms with Crippen LogP contribution in [0.2, 0.25) is 0 Å². The second-order valence-corrected chi connectivity index (χ2v) is 8.85. The van der Waals surface area contributed by atoms with Gasteiger partial charge in [0.1, 0.15) is 10.8 Å². The summed E-state index contributed by atoms with van der Waals surface area (Å²) in [6.45, 7) is 1.38. The number of methoxy groups -OCH3 is 1. The zero-order chi connectivity index (χ0) is 20.9. The fourth-order valence-corrected chi connectivity index (χ4v) is 4.91. The zero-order valence-corrected chi connectivity index (χ0v) is 17.9. The Morgan fingerprint density at radius 1 is 1.10 bits per heavy atom. The van der Waals surface area contributed by atoms with Crippen LogP contribution in [0.15, 0.2) is 24.3 Å². The number of anilines is 1. The quantitative estimate of drug-likeness (QED) is 0.757. The van der Waals surface area contributed by atoms with E-state index in [1.165, 1.54) is 24.2 Å². The predicted molar refractivity (Wildman–Crippen MR) is 115 cm³/mol. The summed E-state index contributed by atoms with van der Waals surface area (Å²) in [5.74, 6) is 0.564. The van der Waals surface area contributed by atoms with Gasteiger partial charge >= 0.3 is 6.03 Å². The number of benzene rings is 1. The standard InChI is InChI=1S/C21H27N5O3S/c1-29-17-10-8-16(9-11-17)22-18(27)20-25-24-19(30-20)14-5-4-12-26(13-14)21(28)23-15-6-2-3-7-15/h8-11,14-15H,2-7,12-13H2,1H3,(H,22,27)(H,23,28)/t14-/m1/s1. The molecule has 2 aromatic rings. The summed E-state index contributed by atoms with van der Waals surface area (Å²) in [4.78, 5) is 27.0. The second-order valence-electron chi connectivity index (χ2n) is 7.84. The topological polar surface area (TPSA) is 96.4 Å². The summed E-state index contributed by atoms with van der Waals surface area (Å²) in [5, 5.41) is 15.5. The third-order valence-corrected chi connectivity index (χ3v) is 6.81. The molecule has 1 aliphatic carbocycles. The van der Waals surface area contributed by atoms with Crippen LogP contribution in [0, 0.1) is 0 Å². The minimum atomic E-state index is -0.282. The molecule has 1 saturated heterocycles. The molecule has 0 radical (unpaired) electrons. The van der Waals surface area contributed by atoms with E-state index < -0.39 is 0 Å². The molecule has 0 unspecified atom stereocenters. The lowest BCUT2D eigenvalue weighted by molar-refractivity contribution is 0.102. The Kier molecular flexibility index (Phi) is 6.47. The molecular weight excluding hydrogens is 402 g/mol. The molecule has 1 saturated carbocycles. The van der Waals surface area contributed by atoms with E-state index in [9.17, 15) is 9.59 Å². The molecule has 0 spiro atoms. The number of nitrogens with zero attached hydrogens (tertiary/aromatic N) is 3. The van der Waals surface area contributed by atoms with Crippen molar-refractivity contribution in [2.75, 3.05) is 25.5 Å². The average Bonchev–Trinajstić information content (AvgIpc) is 3.47. The summed E-state index contributed by atoms with van der Waals surface area (Å²) >= 11 is 1.30. The van der Waals surface area contributed by atoms with Crippen molar-refractivity contribution in [2.24, 2.45) is 0 Å². The van der Waals surface area contributed by atoms with Gasteiger partial charge < -0.3 is 20.3 Å². The highest BCUT2D eigenvalue weighted by Crippen LogP contribution is 2.30. The number of carbonyl (C=O) groups excluding carboxylic acids is 2. The van der Waals surface area contributed by atoms with Crippen LogP contribution in [0.1, 0.15) is 59.3 Å². The molecule has 3 amide bonds. The highest BCUT2D eigenvalue weighted by Gasteiger charge is 2.29. The molecule has 30 heavy (non-hydrogen) atoms. The Bertz CT molecular complexity index is 879. The molecular formula is C21H27N5O3S. The third kappa shape index (κ3) is 4.89. The molecule has 2 aliphatic rings. The van der Waals surface area contributed by atoms with Gasteiger partial charge in [-0.3, -0.25) is 4.79 Å². The van der Waals surface area contributed by atoms with E-state index in [2.05, 4.69) is 20.8 Å². The first-order chi connectivity index (χ1) is 14.6. The average molecular weight is 430 g/mol. The highest BCUT2D eigenvalue weighted by atomic mass is 32.1. The molecule has 160 valence electrons. The number of nitrogens with one attached hydrogen (secondary N) is 2. The number of likely N-dealkylation sites (tertiary alicyclic amines) is 1. The van der Waals surface area contributed by atoms with E-state index in [1.807, 2.05) is 4.90 Å². The van der Waals surface area contributed by atoms with E-state index in [1.54, 1.807) is 31.4 Å². The summed E-state index contributed by atoms with van der Waals surface area (Å²) in [6, 6.07) is 7.46. The Balaban J connectivity index is 1.35. The molecule has 0 bridgehead atoms. The van der Waals surface area contributed by atoms with Crippen molar-refractivity contribution in [2.45, 2.75) is 50.5 Å². The van der Waals surface area contributed by atoms with Gasteiger partial charge in [0, 0.05) is 30.7 Å².